The number of nitrogens with zero attached hydrogens (tertiary/aromatic N) is 3. The summed E-state index contributed by atoms with van der Waals surface area (Å²) in [5, 5.41) is 7.09. The number of rotatable bonds is 5. The molecule has 4 rings (SSSR count). The molecule has 2 aromatic heterocycles. The molecule has 0 bridgehead atoms. The van der Waals surface area contributed by atoms with E-state index in [-0.39, 0.29) is 29.3 Å². The Labute approximate surface area is 187 Å². The van der Waals surface area contributed by atoms with Crippen LogP contribution in [0.1, 0.15) is 62.1 Å². The van der Waals surface area contributed by atoms with Gasteiger partial charge in [0.1, 0.15) is 0 Å². The molecule has 1 saturated heterocycles. The fourth-order valence-corrected chi connectivity index (χ4v) is 7.50. The minimum absolute atomic E-state index is 0.00296. The Hall–Kier alpha value is -1.78. The van der Waals surface area contributed by atoms with E-state index in [4.69, 9.17) is 4.52 Å². The van der Waals surface area contributed by atoms with Gasteiger partial charge in [0, 0.05) is 30.9 Å². The summed E-state index contributed by atoms with van der Waals surface area (Å²) in [5.41, 5.74) is 0. The maximum Gasteiger partial charge on any atom is 0.244 e. The third-order valence-corrected chi connectivity index (χ3v) is 9.36. The van der Waals surface area contributed by atoms with Crippen LogP contribution in [-0.2, 0) is 14.8 Å². The largest absolute Gasteiger partial charge is 0.353 e. The zero-order valence-electron chi connectivity index (χ0n) is 18.1. The van der Waals surface area contributed by atoms with E-state index in [9.17, 15) is 13.2 Å². The number of nitrogens with one attached hydrogen (secondary N) is 1. The Morgan fingerprint density at radius 2 is 1.90 bits per heavy atom. The summed E-state index contributed by atoms with van der Waals surface area (Å²) in [4.78, 5) is 18.7. The predicted molar refractivity (Wildman–Crippen MR) is 118 cm³/mol. The lowest BCUT2D eigenvalue weighted by Crippen LogP contribution is -2.47. The number of hydrogen-bond donors (Lipinski definition) is 1. The lowest BCUT2D eigenvalue weighted by atomic mass is 9.97. The molecular formula is C21H30N4O4S2. The van der Waals surface area contributed by atoms with Crippen LogP contribution in [0.25, 0.3) is 10.7 Å². The van der Waals surface area contributed by atoms with E-state index in [1.807, 2.05) is 0 Å². The zero-order valence-corrected chi connectivity index (χ0v) is 19.7. The molecular weight excluding hydrogens is 436 g/mol. The monoisotopic (exact) mass is 466 g/mol. The number of carbonyl (C=O) groups excluding carboxylic acids is 1. The Bertz CT molecular complexity index is 1020. The summed E-state index contributed by atoms with van der Waals surface area (Å²) < 4.78 is 33.3. The van der Waals surface area contributed by atoms with Crippen LogP contribution >= 0.6 is 11.3 Å². The number of piperidine rings is 1. The Balaban J connectivity index is 1.47. The number of aryl methyl sites for hydroxylation is 2. The van der Waals surface area contributed by atoms with Crippen LogP contribution in [0.15, 0.2) is 15.5 Å². The van der Waals surface area contributed by atoms with Gasteiger partial charge in [0.25, 0.3) is 0 Å². The first-order chi connectivity index (χ1) is 14.8. The van der Waals surface area contributed by atoms with Crippen molar-refractivity contribution >= 4 is 27.3 Å². The van der Waals surface area contributed by atoms with E-state index in [0.717, 1.165) is 32.1 Å². The van der Waals surface area contributed by atoms with Crippen LogP contribution in [0.5, 0.6) is 0 Å². The molecule has 2 fully saturated rings. The number of aromatic nitrogens is 2. The van der Waals surface area contributed by atoms with Crippen LogP contribution in [0.3, 0.4) is 0 Å². The third kappa shape index (κ3) is 5.01. The molecule has 1 atom stereocenters. The molecule has 10 heteroatoms. The van der Waals surface area contributed by atoms with Crippen LogP contribution < -0.4 is 5.32 Å². The molecule has 170 valence electrons. The molecule has 1 saturated carbocycles. The van der Waals surface area contributed by atoms with Crippen molar-refractivity contribution in [2.24, 2.45) is 5.92 Å². The summed E-state index contributed by atoms with van der Waals surface area (Å²) in [7, 11) is -3.70. The lowest BCUT2D eigenvalue weighted by Gasteiger charge is -2.32. The van der Waals surface area contributed by atoms with E-state index in [1.165, 1.54) is 28.5 Å². The van der Waals surface area contributed by atoms with Gasteiger partial charge in [-0.3, -0.25) is 4.79 Å². The fourth-order valence-electron chi connectivity index (χ4n) is 4.49. The van der Waals surface area contributed by atoms with Crippen molar-refractivity contribution in [3.05, 3.63) is 16.8 Å². The predicted octanol–water partition coefficient (Wildman–Crippen LogP) is 3.65. The molecule has 8 nitrogen and oxygen atoms in total. The van der Waals surface area contributed by atoms with Gasteiger partial charge in [0.2, 0.25) is 27.6 Å². The average Bonchev–Trinajstić information content (AvgIpc) is 3.26. The van der Waals surface area contributed by atoms with Gasteiger partial charge in [-0.15, -0.1) is 11.3 Å². The van der Waals surface area contributed by atoms with Gasteiger partial charge < -0.3 is 9.84 Å². The van der Waals surface area contributed by atoms with Crippen LogP contribution in [0, 0.1) is 19.8 Å². The molecule has 0 aromatic carbocycles. The summed E-state index contributed by atoms with van der Waals surface area (Å²) >= 11 is 1.33. The number of carbonyl (C=O) groups is 1. The lowest BCUT2D eigenvalue weighted by molar-refractivity contribution is -0.126. The van der Waals surface area contributed by atoms with Crippen LogP contribution in [0.4, 0.5) is 0 Å². The van der Waals surface area contributed by atoms with E-state index in [1.54, 1.807) is 19.9 Å². The Morgan fingerprint density at radius 3 is 2.58 bits per heavy atom. The van der Waals surface area contributed by atoms with Gasteiger partial charge in [-0.05, 0) is 38.7 Å². The van der Waals surface area contributed by atoms with Crippen molar-refractivity contribution in [3.63, 3.8) is 0 Å². The fraction of sp³-hybridized carbons (Fsp3) is 0.667. The number of hydrogen-bond acceptors (Lipinski definition) is 7. The topological polar surface area (TPSA) is 105 Å². The highest BCUT2D eigenvalue weighted by atomic mass is 32.2. The van der Waals surface area contributed by atoms with Gasteiger partial charge in [0.15, 0.2) is 0 Å². The summed E-state index contributed by atoms with van der Waals surface area (Å²) in [6, 6.07) is 1.84. The van der Waals surface area contributed by atoms with Crippen molar-refractivity contribution in [3.8, 4) is 10.7 Å². The molecule has 1 aliphatic carbocycles. The second kappa shape index (κ2) is 9.38. The summed E-state index contributed by atoms with van der Waals surface area (Å²) in [6.45, 7) is 4.14. The second-order valence-electron chi connectivity index (χ2n) is 8.57. The average molecular weight is 467 g/mol. The van der Waals surface area contributed by atoms with Gasteiger partial charge in [0.05, 0.1) is 15.7 Å². The van der Waals surface area contributed by atoms with Gasteiger partial charge in [-0.1, -0.05) is 30.8 Å². The quantitative estimate of drug-likeness (QED) is 0.674. The van der Waals surface area contributed by atoms with E-state index >= 15 is 0 Å². The first-order valence-corrected chi connectivity index (χ1v) is 13.3. The first-order valence-electron chi connectivity index (χ1n) is 11.1. The molecule has 1 N–H and O–H groups in total. The number of sulfonamides is 1. The van der Waals surface area contributed by atoms with Crippen molar-refractivity contribution in [2.45, 2.75) is 76.2 Å². The van der Waals surface area contributed by atoms with E-state index in [2.05, 4.69) is 15.5 Å². The molecule has 1 amide bonds. The number of amides is 1. The summed E-state index contributed by atoms with van der Waals surface area (Å²) in [5.74, 6) is 0.525. The number of thiophene rings is 1. The highest BCUT2D eigenvalue weighted by Gasteiger charge is 2.35. The van der Waals surface area contributed by atoms with Crippen molar-refractivity contribution in [1.29, 1.82) is 0 Å². The highest BCUT2D eigenvalue weighted by molar-refractivity contribution is 7.89. The SMILES string of the molecule is Cc1nc(-c2cc(S(=O)(=O)N3CCC[C@H](C(=O)NC4CCCCCC4)C3)c(C)s2)no1. The standard InChI is InChI=1S/C21H30N4O4S2/c1-14-19(12-18(30-14)20-22-15(2)29-24-20)31(27,28)25-11-7-8-16(13-25)21(26)23-17-9-5-3-4-6-10-17/h12,16-17H,3-11,13H2,1-2H3,(H,23,26)/t16-/m0/s1. The maximum atomic E-state index is 13.4. The second-order valence-corrected chi connectivity index (χ2v) is 11.7. The van der Waals surface area contributed by atoms with Crippen LogP contribution in [-0.4, -0.2) is 47.9 Å². The molecule has 31 heavy (non-hydrogen) atoms. The van der Waals surface area contributed by atoms with E-state index < -0.39 is 10.0 Å². The van der Waals surface area contributed by atoms with Crippen molar-refractivity contribution < 1.29 is 17.7 Å². The molecule has 0 radical (unpaired) electrons. The summed E-state index contributed by atoms with van der Waals surface area (Å²) in [6.07, 6.45) is 8.20. The Kier molecular flexibility index (Phi) is 6.78. The van der Waals surface area contributed by atoms with Gasteiger partial charge >= 0.3 is 0 Å². The molecule has 2 aliphatic rings. The molecule has 3 heterocycles. The smallest absolute Gasteiger partial charge is 0.244 e. The first kappa shape index (κ1) is 22.4. The zero-order chi connectivity index (χ0) is 22.0. The highest BCUT2D eigenvalue weighted by Crippen LogP contribution is 2.35. The molecule has 1 aliphatic heterocycles. The molecule has 0 spiro atoms. The van der Waals surface area contributed by atoms with Gasteiger partial charge in [-0.25, -0.2) is 8.42 Å². The molecule has 0 unspecified atom stereocenters. The minimum atomic E-state index is -3.70. The maximum absolute atomic E-state index is 13.4. The minimum Gasteiger partial charge on any atom is -0.353 e. The van der Waals surface area contributed by atoms with Crippen molar-refractivity contribution in [2.75, 3.05) is 13.1 Å². The van der Waals surface area contributed by atoms with Crippen LogP contribution in [0.2, 0.25) is 0 Å². The normalized spacial score (nSPS) is 21.7. The Morgan fingerprint density at radius 1 is 1.16 bits per heavy atom. The van der Waals surface area contributed by atoms with Crippen molar-refractivity contribution in [1.82, 2.24) is 19.8 Å². The van der Waals surface area contributed by atoms with E-state index in [0.29, 0.717) is 34.4 Å². The third-order valence-electron chi connectivity index (χ3n) is 6.19. The molecule has 2 aromatic rings. The van der Waals surface area contributed by atoms with Gasteiger partial charge in [-0.2, -0.15) is 9.29 Å².